The number of piperidine rings is 1. The Bertz CT molecular complexity index is 306. The topological polar surface area (TPSA) is 15.3 Å². The molecular formula is C17H30N2. The minimum atomic E-state index is 0.798. The summed E-state index contributed by atoms with van der Waals surface area (Å²) in [5.74, 6) is 3.54. The largest absolute Gasteiger partial charge is 0.316 e. The molecule has 1 N–H and O–H groups in total. The van der Waals surface area contributed by atoms with Gasteiger partial charge >= 0.3 is 0 Å². The summed E-state index contributed by atoms with van der Waals surface area (Å²) in [6.07, 6.45) is 12.1. The van der Waals surface area contributed by atoms with Crippen molar-refractivity contribution in [2.45, 2.75) is 39.0 Å². The van der Waals surface area contributed by atoms with Crippen LogP contribution < -0.4 is 5.32 Å². The van der Waals surface area contributed by atoms with E-state index in [4.69, 9.17) is 0 Å². The molecule has 0 spiro atoms. The molecular weight excluding hydrogens is 232 g/mol. The van der Waals surface area contributed by atoms with Crippen molar-refractivity contribution in [1.29, 1.82) is 0 Å². The molecule has 2 aliphatic carbocycles. The lowest BCUT2D eigenvalue weighted by Crippen LogP contribution is -2.37. The van der Waals surface area contributed by atoms with Gasteiger partial charge < -0.3 is 10.2 Å². The normalized spacial score (nSPS) is 35.9. The van der Waals surface area contributed by atoms with Gasteiger partial charge in [-0.2, -0.15) is 0 Å². The summed E-state index contributed by atoms with van der Waals surface area (Å²) in [6, 6.07) is 0. The summed E-state index contributed by atoms with van der Waals surface area (Å²) in [5.41, 5.74) is 0. The van der Waals surface area contributed by atoms with Crippen molar-refractivity contribution in [3.8, 4) is 0 Å². The van der Waals surface area contributed by atoms with E-state index in [2.05, 4.69) is 29.3 Å². The van der Waals surface area contributed by atoms with Crippen LogP contribution in [0, 0.1) is 23.7 Å². The van der Waals surface area contributed by atoms with E-state index in [1.807, 2.05) is 0 Å². The van der Waals surface area contributed by atoms with Crippen LogP contribution in [0.2, 0.25) is 0 Å². The third-order valence-electron chi connectivity index (χ3n) is 5.33. The monoisotopic (exact) mass is 262 g/mol. The molecule has 108 valence electrons. The van der Waals surface area contributed by atoms with Crippen LogP contribution >= 0.6 is 0 Å². The van der Waals surface area contributed by atoms with Gasteiger partial charge in [-0.25, -0.2) is 0 Å². The number of likely N-dealkylation sites (tertiary alicyclic amines) is 1. The summed E-state index contributed by atoms with van der Waals surface area (Å²) in [4.78, 5) is 2.66. The second kappa shape index (κ2) is 6.41. The molecule has 0 amide bonds. The Morgan fingerprint density at radius 1 is 1.16 bits per heavy atom. The van der Waals surface area contributed by atoms with Gasteiger partial charge in [-0.15, -0.1) is 0 Å². The smallest absolute Gasteiger partial charge is 0.00191 e. The van der Waals surface area contributed by atoms with Gasteiger partial charge in [0.25, 0.3) is 0 Å². The first-order valence-corrected chi connectivity index (χ1v) is 8.42. The van der Waals surface area contributed by atoms with Crippen LogP contribution in [-0.4, -0.2) is 37.6 Å². The van der Waals surface area contributed by atoms with Gasteiger partial charge in [0, 0.05) is 6.54 Å². The zero-order valence-corrected chi connectivity index (χ0v) is 12.5. The molecule has 1 heterocycles. The number of nitrogens with one attached hydrogen (secondary N) is 1. The Morgan fingerprint density at radius 3 is 2.68 bits per heavy atom. The molecule has 0 radical (unpaired) electrons. The maximum absolute atomic E-state index is 3.74. The number of rotatable bonds is 6. The van der Waals surface area contributed by atoms with Gasteiger partial charge in [-0.1, -0.05) is 25.5 Å². The molecule has 2 heteroatoms. The summed E-state index contributed by atoms with van der Waals surface area (Å²) in [6.45, 7) is 8.82. The van der Waals surface area contributed by atoms with Crippen molar-refractivity contribution in [3.63, 3.8) is 0 Å². The van der Waals surface area contributed by atoms with Crippen molar-refractivity contribution in [2.24, 2.45) is 23.7 Å². The van der Waals surface area contributed by atoms with Gasteiger partial charge in [-0.3, -0.25) is 0 Å². The van der Waals surface area contributed by atoms with Gasteiger partial charge in [0.15, 0.2) is 0 Å². The number of allylic oxidation sites excluding steroid dienone is 2. The Labute approximate surface area is 118 Å². The Hall–Kier alpha value is -0.340. The summed E-state index contributed by atoms with van der Waals surface area (Å²) in [7, 11) is 0. The van der Waals surface area contributed by atoms with Crippen LogP contribution in [0.4, 0.5) is 0 Å². The second-order valence-corrected chi connectivity index (χ2v) is 7.17. The second-order valence-electron chi connectivity index (χ2n) is 7.17. The Kier molecular flexibility index (Phi) is 4.60. The van der Waals surface area contributed by atoms with Crippen LogP contribution in [0.3, 0.4) is 0 Å². The van der Waals surface area contributed by atoms with Gasteiger partial charge in [0.2, 0.25) is 0 Å². The third-order valence-corrected chi connectivity index (χ3v) is 5.33. The molecule has 0 aromatic rings. The number of hydrogen-bond acceptors (Lipinski definition) is 2. The van der Waals surface area contributed by atoms with E-state index in [9.17, 15) is 0 Å². The molecule has 1 aliphatic heterocycles. The maximum atomic E-state index is 3.74. The van der Waals surface area contributed by atoms with E-state index >= 15 is 0 Å². The first kappa shape index (κ1) is 13.6. The molecule has 0 aromatic carbocycles. The average Bonchev–Trinajstić information content (AvgIpc) is 3.02. The molecule has 1 saturated heterocycles. The fourth-order valence-electron chi connectivity index (χ4n) is 4.29. The van der Waals surface area contributed by atoms with Crippen LogP contribution in [0.15, 0.2) is 12.2 Å². The van der Waals surface area contributed by atoms with E-state index in [0.717, 1.165) is 23.7 Å². The van der Waals surface area contributed by atoms with Crippen LogP contribution in [0.1, 0.15) is 39.0 Å². The van der Waals surface area contributed by atoms with E-state index in [0.29, 0.717) is 0 Å². The summed E-state index contributed by atoms with van der Waals surface area (Å²) >= 11 is 0. The molecule has 4 unspecified atom stereocenters. The lowest BCUT2D eigenvalue weighted by Gasteiger charge is -2.29. The van der Waals surface area contributed by atoms with Crippen molar-refractivity contribution in [2.75, 3.05) is 32.7 Å². The van der Waals surface area contributed by atoms with Crippen LogP contribution in [0.25, 0.3) is 0 Å². The number of nitrogens with zero attached hydrogens (tertiary/aromatic N) is 1. The quantitative estimate of drug-likeness (QED) is 0.741. The first-order chi connectivity index (χ1) is 9.31. The van der Waals surface area contributed by atoms with Gasteiger partial charge in [0.1, 0.15) is 0 Å². The highest BCUT2D eigenvalue weighted by atomic mass is 15.1. The lowest BCUT2D eigenvalue weighted by atomic mass is 9.93. The highest BCUT2D eigenvalue weighted by molar-refractivity contribution is 5.10. The van der Waals surface area contributed by atoms with E-state index < -0.39 is 0 Å². The molecule has 1 saturated carbocycles. The number of fused-ring (bicyclic) bond motifs is 2. The average molecular weight is 262 g/mol. The third kappa shape index (κ3) is 3.61. The van der Waals surface area contributed by atoms with Crippen molar-refractivity contribution >= 4 is 0 Å². The molecule has 2 fully saturated rings. The first-order valence-electron chi connectivity index (χ1n) is 8.42. The Balaban J connectivity index is 1.30. The molecule has 19 heavy (non-hydrogen) atoms. The molecule has 4 atom stereocenters. The standard InChI is InChI=1S/C17H30N2/c1-14(13-19-7-3-2-4-8-19)11-18-12-17-10-15-5-6-16(17)9-15/h5-6,14-18H,2-4,7-13H2,1H3. The molecule has 3 rings (SSSR count). The fourth-order valence-corrected chi connectivity index (χ4v) is 4.29. The highest BCUT2D eigenvalue weighted by Gasteiger charge is 2.34. The molecule has 3 aliphatic rings. The minimum absolute atomic E-state index is 0.798. The minimum Gasteiger partial charge on any atom is -0.316 e. The predicted octanol–water partition coefficient (Wildman–Crippen LogP) is 2.91. The highest BCUT2D eigenvalue weighted by Crippen LogP contribution is 2.42. The molecule has 0 aromatic heterocycles. The van der Waals surface area contributed by atoms with Gasteiger partial charge in [-0.05, 0) is 75.5 Å². The van der Waals surface area contributed by atoms with Gasteiger partial charge in [0.05, 0.1) is 0 Å². The van der Waals surface area contributed by atoms with Crippen molar-refractivity contribution in [1.82, 2.24) is 10.2 Å². The zero-order valence-electron chi connectivity index (χ0n) is 12.5. The van der Waals surface area contributed by atoms with E-state index in [1.54, 1.807) is 0 Å². The van der Waals surface area contributed by atoms with E-state index in [-0.39, 0.29) is 0 Å². The van der Waals surface area contributed by atoms with Crippen molar-refractivity contribution < 1.29 is 0 Å². The maximum Gasteiger partial charge on any atom is 0.00191 e. The van der Waals surface area contributed by atoms with Crippen LogP contribution in [0.5, 0.6) is 0 Å². The summed E-state index contributed by atoms with van der Waals surface area (Å²) < 4.78 is 0. The zero-order chi connectivity index (χ0) is 13.1. The Morgan fingerprint density at radius 2 is 2.00 bits per heavy atom. The van der Waals surface area contributed by atoms with Crippen LogP contribution in [-0.2, 0) is 0 Å². The fraction of sp³-hybridized carbons (Fsp3) is 0.882. The lowest BCUT2D eigenvalue weighted by molar-refractivity contribution is 0.198. The van der Waals surface area contributed by atoms with Crippen molar-refractivity contribution in [3.05, 3.63) is 12.2 Å². The molecule has 2 bridgehead atoms. The van der Waals surface area contributed by atoms with E-state index in [1.165, 1.54) is 64.8 Å². The number of hydrogen-bond donors (Lipinski definition) is 1. The summed E-state index contributed by atoms with van der Waals surface area (Å²) in [5, 5.41) is 3.74. The SMILES string of the molecule is CC(CNCC1CC2C=CC1C2)CN1CCCCC1. The molecule has 2 nitrogen and oxygen atoms in total. The predicted molar refractivity (Wildman–Crippen MR) is 81.2 cm³/mol.